The molecule has 0 unspecified atom stereocenters. The summed E-state index contributed by atoms with van der Waals surface area (Å²) >= 11 is 0. The lowest BCUT2D eigenvalue weighted by Crippen LogP contribution is -2.35. The van der Waals surface area contributed by atoms with Crippen LogP contribution in [0.3, 0.4) is 0 Å². The van der Waals surface area contributed by atoms with Crippen molar-refractivity contribution in [1.29, 1.82) is 0 Å². The summed E-state index contributed by atoms with van der Waals surface area (Å²) in [6.07, 6.45) is 4.21. The van der Waals surface area contributed by atoms with E-state index in [9.17, 15) is 4.79 Å². The number of carbonyl (C=O) groups is 1. The van der Waals surface area contributed by atoms with E-state index in [0.29, 0.717) is 6.42 Å². The number of amides is 1. The molecule has 1 aliphatic heterocycles. The van der Waals surface area contributed by atoms with E-state index in [1.807, 2.05) is 11.0 Å². The summed E-state index contributed by atoms with van der Waals surface area (Å²) in [4.78, 5) is 14.0. The largest absolute Gasteiger partial charge is 0.396 e. The van der Waals surface area contributed by atoms with Crippen molar-refractivity contribution in [2.45, 2.75) is 38.6 Å². The van der Waals surface area contributed by atoms with Crippen molar-refractivity contribution < 1.29 is 9.90 Å². The highest BCUT2D eigenvalue weighted by atomic mass is 16.2. The van der Waals surface area contributed by atoms with Gasteiger partial charge in [0, 0.05) is 26.1 Å². The number of benzene rings is 1. The third kappa shape index (κ3) is 3.33. The minimum Gasteiger partial charge on any atom is -0.396 e. The van der Waals surface area contributed by atoms with Crippen molar-refractivity contribution in [2.75, 3.05) is 13.2 Å². The average Bonchev–Trinajstić information content (AvgIpc) is 2.43. The molecule has 1 amide bonds. The third-order valence-corrected chi connectivity index (χ3v) is 3.53. The highest BCUT2D eigenvalue weighted by molar-refractivity contribution is 5.76. The number of rotatable bonds is 5. The van der Waals surface area contributed by atoms with Gasteiger partial charge in [0.05, 0.1) is 0 Å². The summed E-state index contributed by atoms with van der Waals surface area (Å²) in [6.45, 7) is 1.83. The highest BCUT2D eigenvalue weighted by Crippen LogP contribution is 2.19. The number of hydrogen-bond acceptors (Lipinski definition) is 2. The number of carbonyl (C=O) groups excluding carboxylic acids is 1. The lowest BCUT2D eigenvalue weighted by Gasteiger charge is -2.29. The highest BCUT2D eigenvalue weighted by Gasteiger charge is 2.19. The van der Waals surface area contributed by atoms with E-state index in [1.54, 1.807) is 0 Å². The Morgan fingerprint density at radius 1 is 1.17 bits per heavy atom. The molecule has 0 saturated heterocycles. The van der Waals surface area contributed by atoms with E-state index >= 15 is 0 Å². The van der Waals surface area contributed by atoms with E-state index in [0.717, 1.165) is 38.8 Å². The number of fused-ring (bicyclic) bond motifs is 1. The maximum atomic E-state index is 12.0. The van der Waals surface area contributed by atoms with Crippen molar-refractivity contribution in [1.82, 2.24) is 4.90 Å². The van der Waals surface area contributed by atoms with Crippen molar-refractivity contribution >= 4 is 5.91 Å². The molecule has 0 aromatic heterocycles. The summed E-state index contributed by atoms with van der Waals surface area (Å²) in [7, 11) is 0. The molecule has 3 nitrogen and oxygen atoms in total. The fourth-order valence-corrected chi connectivity index (χ4v) is 2.43. The Kier molecular flexibility index (Phi) is 4.76. The van der Waals surface area contributed by atoms with E-state index in [1.165, 1.54) is 11.1 Å². The van der Waals surface area contributed by atoms with Crippen LogP contribution in [0.4, 0.5) is 0 Å². The molecule has 0 fully saturated rings. The lowest BCUT2D eigenvalue weighted by atomic mass is 9.99. The van der Waals surface area contributed by atoms with Gasteiger partial charge in [-0.05, 0) is 30.4 Å². The molecule has 0 saturated carbocycles. The maximum absolute atomic E-state index is 12.0. The number of hydrogen-bond donors (Lipinski definition) is 1. The van der Waals surface area contributed by atoms with Crippen molar-refractivity contribution in [2.24, 2.45) is 0 Å². The molecular formula is C15H21NO2. The van der Waals surface area contributed by atoms with Crippen LogP contribution in [0.25, 0.3) is 0 Å². The van der Waals surface area contributed by atoms with Gasteiger partial charge in [-0.25, -0.2) is 0 Å². The van der Waals surface area contributed by atoms with E-state index in [2.05, 4.69) is 18.2 Å². The number of aliphatic hydroxyl groups is 1. The normalized spacial score (nSPS) is 14.4. The zero-order chi connectivity index (χ0) is 12.8. The topological polar surface area (TPSA) is 40.5 Å². The first-order valence-electron chi connectivity index (χ1n) is 6.76. The van der Waals surface area contributed by atoms with Crippen molar-refractivity contribution in [3.8, 4) is 0 Å². The Hall–Kier alpha value is -1.35. The van der Waals surface area contributed by atoms with Crippen molar-refractivity contribution in [3.63, 3.8) is 0 Å². The number of unbranched alkanes of at least 4 members (excludes halogenated alkanes) is 2. The summed E-state index contributed by atoms with van der Waals surface area (Å²) in [6, 6.07) is 8.36. The molecule has 0 spiro atoms. The van der Waals surface area contributed by atoms with E-state index < -0.39 is 0 Å². The molecule has 2 rings (SSSR count). The second kappa shape index (κ2) is 6.55. The lowest BCUT2D eigenvalue weighted by molar-refractivity contribution is -0.132. The number of aliphatic hydroxyl groups excluding tert-OH is 1. The molecular weight excluding hydrogens is 226 g/mol. The Labute approximate surface area is 108 Å². The molecule has 0 radical (unpaired) electrons. The Bertz CT molecular complexity index is 403. The summed E-state index contributed by atoms with van der Waals surface area (Å²) in [5, 5.41) is 8.69. The molecule has 98 valence electrons. The van der Waals surface area contributed by atoms with Gasteiger partial charge in [0.15, 0.2) is 0 Å². The van der Waals surface area contributed by atoms with Crippen LogP contribution in [0.5, 0.6) is 0 Å². The fraction of sp³-hybridized carbons (Fsp3) is 0.533. The molecule has 0 aliphatic carbocycles. The van der Waals surface area contributed by atoms with Crippen LogP contribution in [-0.4, -0.2) is 29.1 Å². The van der Waals surface area contributed by atoms with Crippen LogP contribution < -0.4 is 0 Å². The zero-order valence-corrected chi connectivity index (χ0v) is 10.8. The van der Waals surface area contributed by atoms with Gasteiger partial charge in [-0.15, -0.1) is 0 Å². The smallest absolute Gasteiger partial charge is 0.222 e. The van der Waals surface area contributed by atoms with Crippen LogP contribution in [0.15, 0.2) is 24.3 Å². The van der Waals surface area contributed by atoms with Crippen LogP contribution in [-0.2, 0) is 17.8 Å². The van der Waals surface area contributed by atoms with Gasteiger partial charge >= 0.3 is 0 Å². The van der Waals surface area contributed by atoms with Crippen molar-refractivity contribution in [3.05, 3.63) is 35.4 Å². The van der Waals surface area contributed by atoms with E-state index in [4.69, 9.17) is 5.11 Å². The quantitative estimate of drug-likeness (QED) is 0.810. The van der Waals surface area contributed by atoms with E-state index in [-0.39, 0.29) is 12.5 Å². The summed E-state index contributed by atoms with van der Waals surface area (Å²) in [5.74, 6) is 0.252. The van der Waals surface area contributed by atoms with Gasteiger partial charge in [0.1, 0.15) is 0 Å². The second-order valence-corrected chi connectivity index (χ2v) is 4.87. The van der Waals surface area contributed by atoms with Crippen LogP contribution >= 0.6 is 0 Å². The molecule has 18 heavy (non-hydrogen) atoms. The summed E-state index contributed by atoms with van der Waals surface area (Å²) in [5.41, 5.74) is 2.66. The fourth-order valence-electron chi connectivity index (χ4n) is 2.43. The van der Waals surface area contributed by atoms with Gasteiger partial charge in [-0.3, -0.25) is 4.79 Å². The molecule has 1 heterocycles. The Morgan fingerprint density at radius 3 is 2.72 bits per heavy atom. The van der Waals surface area contributed by atoms with Gasteiger partial charge in [-0.1, -0.05) is 30.7 Å². The Morgan fingerprint density at radius 2 is 1.94 bits per heavy atom. The summed E-state index contributed by atoms with van der Waals surface area (Å²) < 4.78 is 0. The number of nitrogens with zero attached hydrogens (tertiary/aromatic N) is 1. The Balaban J connectivity index is 1.83. The van der Waals surface area contributed by atoms with Gasteiger partial charge in [0.25, 0.3) is 0 Å². The SMILES string of the molecule is O=C(CCCCCO)N1CCc2ccccc2C1. The molecule has 3 heteroatoms. The van der Waals surface area contributed by atoms with Gasteiger partial charge < -0.3 is 10.0 Å². The zero-order valence-electron chi connectivity index (χ0n) is 10.8. The molecule has 1 aromatic rings. The molecule has 0 atom stereocenters. The molecule has 0 bridgehead atoms. The minimum atomic E-state index is 0.227. The predicted octanol–water partition coefficient (Wildman–Crippen LogP) is 2.12. The van der Waals surface area contributed by atoms with Crippen LogP contribution in [0.1, 0.15) is 36.8 Å². The first-order valence-corrected chi connectivity index (χ1v) is 6.76. The first-order chi connectivity index (χ1) is 8.81. The standard InChI is InChI=1S/C15H21NO2/c17-11-5-1-2-8-15(18)16-10-9-13-6-3-4-7-14(13)12-16/h3-4,6-7,17H,1-2,5,8-12H2. The van der Waals surface area contributed by atoms with Crippen LogP contribution in [0.2, 0.25) is 0 Å². The molecule has 1 aliphatic rings. The van der Waals surface area contributed by atoms with Gasteiger partial charge in [0.2, 0.25) is 5.91 Å². The monoisotopic (exact) mass is 247 g/mol. The first kappa shape index (κ1) is 13.1. The molecule has 1 N–H and O–H groups in total. The minimum absolute atomic E-state index is 0.227. The van der Waals surface area contributed by atoms with Crippen LogP contribution in [0, 0.1) is 0 Å². The molecule has 1 aromatic carbocycles. The predicted molar refractivity (Wildman–Crippen MR) is 71.1 cm³/mol. The second-order valence-electron chi connectivity index (χ2n) is 4.87. The van der Waals surface area contributed by atoms with Gasteiger partial charge in [-0.2, -0.15) is 0 Å². The third-order valence-electron chi connectivity index (χ3n) is 3.53. The average molecular weight is 247 g/mol. The maximum Gasteiger partial charge on any atom is 0.222 e.